The van der Waals surface area contributed by atoms with Crippen LogP contribution in [0.2, 0.25) is 5.02 Å². The van der Waals surface area contributed by atoms with Crippen molar-refractivity contribution in [2.24, 2.45) is 0 Å². The molecule has 1 unspecified atom stereocenters. The van der Waals surface area contributed by atoms with Crippen molar-refractivity contribution >= 4 is 23.4 Å². The largest absolute Gasteiger partial charge is 0.484 e. The number of hydrogen-bond acceptors (Lipinski definition) is 3. The first-order valence-corrected chi connectivity index (χ1v) is 10.9. The average molecular weight is 469 g/mol. The summed E-state index contributed by atoms with van der Waals surface area (Å²) < 4.78 is 20.1. The van der Waals surface area contributed by atoms with Crippen molar-refractivity contribution in [3.05, 3.63) is 100 Å². The molecule has 0 fully saturated rings. The third kappa shape index (κ3) is 6.56. The Kier molecular flexibility index (Phi) is 8.44. The second kappa shape index (κ2) is 11.5. The number of hydrogen-bond donors (Lipinski definition) is 1. The zero-order valence-electron chi connectivity index (χ0n) is 18.6. The highest BCUT2D eigenvalue weighted by Gasteiger charge is 2.30. The zero-order chi connectivity index (χ0) is 23.8. The van der Waals surface area contributed by atoms with Crippen LogP contribution in [0.3, 0.4) is 0 Å². The van der Waals surface area contributed by atoms with Gasteiger partial charge in [0.05, 0.1) is 0 Å². The Hall–Kier alpha value is -3.38. The quantitative estimate of drug-likeness (QED) is 0.501. The van der Waals surface area contributed by atoms with E-state index in [2.05, 4.69) is 5.32 Å². The Morgan fingerprint density at radius 1 is 1.06 bits per heavy atom. The number of ether oxygens (including phenoxy) is 1. The van der Waals surface area contributed by atoms with Crippen LogP contribution < -0.4 is 10.1 Å². The standard InChI is InChI=1S/C26H26ClFN2O3/c1-18-14-21(12-13-22(18)27)33-17-25(31)30(16-20-10-6-7-11-23(20)28)24(26(32)29-2)15-19-8-4-3-5-9-19/h3-14,24H,15-17H2,1-2H3,(H,29,32). The molecule has 7 heteroatoms. The van der Waals surface area contributed by atoms with Gasteiger partial charge in [-0.3, -0.25) is 9.59 Å². The predicted molar refractivity (Wildman–Crippen MR) is 127 cm³/mol. The first kappa shape index (κ1) is 24.3. The summed E-state index contributed by atoms with van der Waals surface area (Å²) in [6, 6.07) is 19.8. The van der Waals surface area contributed by atoms with Gasteiger partial charge in [0.25, 0.3) is 5.91 Å². The normalized spacial score (nSPS) is 11.5. The van der Waals surface area contributed by atoms with Crippen LogP contribution in [0.1, 0.15) is 16.7 Å². The molecule has 0 bridgehead atoms. The Balaban J connectivity index is 1.88. The molecule has 0 saturated carbocycles. The molecule has 0 spiro atoms. The monoisotopic (exact) mass is 468 g/mol. The third-order valence-corrected chi connectivity index (χ3v) is 5.73. The van der Waals surface area contributed by atoms with Crippen LogP contribution in [0, 0.1) is 12.7 Å². The minimum atomic E-state index is -0.847. The molecule has 3 rings (SSSR count). The summed E-state index contributed by atoms with van der Waals surface area (Å²) in [6.45, 7) is 1.46. The fourth-order valence-corrected chi connectivity index (χ4v) is 3.58. The summed E-state index contributed by atoms with van der Waals surface area (Å²) >= 11 is 6.06. The van der Waals surface area contributed by atoms with E-state index in [-0.39, 0.29) is 25.5 Å². The van der Waals surface area contributed by atoms with Gasteiger partial charge in [0.2, 0.25) is 5.91 Å². The van der Waals surface area contributed by atoms with Crippen molar-refractivity contribution in [2.45, 2.75) is 25.9 Å². The topological polar surface area (TPSA) is 58.6 Å². The van der Waals surface area contributed by atoms with E-state index in [9.17, 15) is 14.0 Å². The molecule has 2 amide bonds. The number of carbonyl (C=O) groups excluding carboxylic acids is 2. The van der Waals surface area contributed by atoms with Crippen molar-refractivity contribution in [2.75, 3.05) is 13.7 Å². The van der Waals surface area contributed by atoms with Crippen LogP contribution in [-0.2, 0) is 22.6 Å². The molecular formula is C26H26ClFN2O3. The molecule has 0 aliphatic rings. The van der Waals surface area contributed by atoms with E-state index >= 15 is 0 Å². The smallest absolute Gasteiger partial charge is 0.261 e. The molecule has 172 valence electrons. The van der Waals surface area contributed by atoms with Gasteiger partial charge >= 0.3 is 0 Å². The van der Waals surface area contributed by atoms with Gasteiger partial charge in [-0.2, -0.15) is 0 Å². The van der Waals surface area contributed by atoms with E-state index in [1.165, 1.54) is 18.0 Å². The molecule has 0 radical (unpaired) electrons. The number of nitrogens with one attached hydrogen (secondary N) is 1. The number of benzene rings is 3. The molecule has 1 atom stereocenters. The van der Waals surface area contributed by atoms with E-state index in [1.807, 2.05) is 37.3 Å². The van der Waals surface area contributed by atoms with Crippen molar-refractivity contribution in [1.82, 2.24) is 10.2 Å². The van der Waals surface area contributed by atoms with Crippen LogP contribution >= 0.6 is 11.6 Å². The van der Waals surface area contributed by atoms with Crippen LogP contribution in [0.25, 0.3) is 0 Å². The average Bonchev–Trinajstić information content (AvgIpc) is 2.83. The Morgan fingerprint density at radius 2 is 1.76 bits per heavy atom. The van der Waals surface area contributed by atoms with Gasteiger partial charge in [-0.1, -0.05) is 60.1 Å². The molecule has 33 heavy (non-hydrogen) atoms. The van der Waals surface area contributed by atoms with E-state index in [0.717, 1.165) is 11.1 Å². The van der Waals surface area contributed by atoms with Crippen LogP contribution in [-0.4, -0.2) is 36.4 Å². The Morgan fingerprint density at radius 3 is 2.42 bits per heavy atom. The third-order valence-electron chi connectivity index (χ3n) is 5.31. The Labute approximate surface area is 198 Å². The van der Waals surface area contributed by atoms with Gasteiger partial charge < -0.3 is 15.0 Å². The highest BCUT2D eigenvalue weighted by Crippen LogP contribution is 2.22. The molecule has 3 aromatic carbocycles. The first-order valence-electron chi connectivity index (χ1n) is 10.6. The summed E-state index contributed by atoms with van der Waals surface area (Å²) in [7, 11) is 1.51. The first-order chi connectivity index (χ1) is 15.9. The molecule has 0 aromatic heterocycles. The summed E-state index contributed by atoms with van der Waals surface area (Å²) in [5.41, 5.74) is 2.01. The van der Waals surface area contributed by atoms with Gasteiger partial charge in [0.15, 0.2) is 6.61 Å². The summed E-state index contributed by atoms with van der Waals surface area (Å²) in [5, 5.41) is 3.22. The summed E-state index contributed by atoms with van der Waals surface area (Å²) in [5.74, 6) is -0.739. The maximum atomic E-state index is 14.4. The lowest BCUT2D eigenvalue weighted by molar-refractivity contribution is -0.142. The Bertz CT molecular complexity index is 1110. The molecule has 5 nitrogen and oxygen atoms in total. The minimum absolute atomic E-state index is 0.0700. The van der Waals surface area contributed by atoms with Gasteiger partial charge in [-0.25, -0.2) is 4.39 Å². The predicted octanol–water partition coefficient (Wildman–Crippen LogP) is 4.55. The number of amides is 2. The van der Waals surface area contributed by atoms with Gasteiger partial charge in [-0.15, -0.1) is 0 Å². The highest BCUT2D eigenvalue weighted by atomic mass is 35.5. The van der Waals surface area contributed by atoms with E-state index < -0.39 is 17.8 Å². The minimum Gasteiger partial charge on any atom is -0.484 e. The number of carbonyl (C=O) groups is 2. The lowest BCUT2D eigenvalue weighted by Gasteiger charge is -2.31. The summed E-state index contributed by atoms with van der Waals surface area (Å²) in [6.07, 6.45) is 0.279. The van der Waals surface area contributed by atoms with Crippen molar-refractivity contribution in [1.29, 1.82) is 0 Å². The molecule has 3 aromatic rings. The van der Waals surface area contributed by atoms with Crippen LogP contribution in [0.15, 0.2) is 72.8 Å². The lowest BCUT2D eigenvalue weighted by Crippen LogP contribution is -2.51. The molecule has 0 aliphatic heterocycles. The lowest BCUT2D eigenvalue weighted by atomic mass is 10.0. The van der Waals surface area contributed by atoms with E-state index in [1.54, 1.807) is 36.4 Å². The summed E-state index contributed by atoms with van der Waals surface area (Å²) in [4.78, 5) is 27.5. The maximum Gasteiger partial charge on any atom is 0.261 e. The van der Waals surface area contributed by atoms with Gasteiger partial charge in [-0.05, 0) is 42.3 Å². The van der Waals surface area contributed by atoms with Crippen molar-refractivity contribution < 1.29 is 18.7 Å². The zero-order valence-corrected chi connectivity index (χ0v) is 19.3. The number of rotatable bonds is 9. The molecule has 1 N–H and O–H groups in total. The van der Waals surface area contributed by atoms with E-state index in [0.29, 0.717) is 16.3 Å². The number of aryl methyl sites for hydroxylation is 1. The molecule has 0 saturated heterocycles. The maximum absolute atomic E-state index is 14.4. The van der Waals surface area contributed by atoms with Gasteiger partial charge in [0, 0.05) is 30.6 Å². The van der Waals surface area contributed by atoms with Crippen molar-refractivity contribution in [3.63, 3.8) is 0 Å². The molecule has 0 aliphatic carbocycles. The van der Waals surface area contributed by atoms with E-state index in [4.69, 9.17) is 16.3 Å². The second-order valence-corrected chi connectivity index (χ2v) is 8.04. The fraction of sp³-hybridized carbons (Fsp3) is 0.231. The fourth-order valence-electron chi connectivity index (χ4n) is 3.47. The highest BCUT2D eigenvalue weighted by molar-refractivity contribution is 6.31. The molecular weight excluding hydrogens is 443 g/mol. The van der Waals surface area contributed by atoms with Crippen molar-refractivity contribution in [3.8, 4) is 5.75 Å². The molecule has 0 heterocycles. The van der Waals surface area contributed by atoms with Crippen LogP contribution in [0.4, 0.5) is 4.39 Å². The van der Waals surface area contributed by atoms with Gasteiger partial charge in [0.1, 0.15) is 17.6 Å². The van der Waals surface area contributed by atoms with Crippen LogP contribution in [0.5, 0.6) is 5.75 Å². The number of halogens is 2. The number of likely N-dealkylation sites (N-methyl/N-ethyl adjacent to an activating group) is 1. The number of nitrogens with zero attached hydrogens (tertiary/aromatic N) is 1. The second-order valence-electron chi connectivity index (χ2n) is 7.63. The SMILES string of the molecule is CNC(=O)C(Cc1ccccc1)N(Cc1ccccc1F)C(=O)COc1ccc(Cl)c(C)c1.